The number of hydrogen-bond donors (Lipinski definition) is 2. The second-order valence-electron chi connectivity index (χ2n) is 7.07. The summed E-state index contributed by atoms with van der Waals surface area (Å²) in [6.45, 7) is 8.19. The van der Waals surface area contributed by atoms with E-state index in [2.05, 4.69) is 20.7 Å². The Balaban J connectivity index is 1.82. The minimum Gasteiger partial charge on any atom is -0.350 e. The molecule has 0 fully saturated rings. The minimum atomic E-state index is -0.571. The van der Waals surface area contributed by atoms with Crippen LogP contribution in [0.2, 0.25) is 0 Å². The molecule has 7 heteroatoms. The van der Waals surface area contributed by atoms with E-state index in [9.17, 15) is 9.59 Å². The van der Waals surface area contributed by atoms with Gasteiger partial charge < -0.3 is 10.6 Å². The maximum Gasteiger partial charge on any atom is 0.242 e. The first-order chi connectivity index (χ1) is 11.8. The molecule has 0 saturated heterocycles. The molecule has 0 radical (unpaired) electrons. The zero-order valence-corrected chi connectivity index (χ0v) is 15.1. The standard InChI is InChI=1S/C18H25N5O2/c1-13(22-17(25)18(2,3)4)16(24)20-9-14-5-7-15(8-6-14)10-23-12-19-11-21-23/h5-8,11-13H,9-10H2,1-4H3,(H,20,24)(H,22,25). The van der Waals surface area contributed by atoms with Gasteiger partial charge in [0.05, 0.1) is 6.54 Å². The van der Waals surface area contributed by atoms with Gasteiger partial charge in [-0.1, -0.05) is 45.0 Å². The maximum atomic E-state index is 12.1. The third-order valence-electron chi connectivity index (χ3n) is 3.72. The number of carbonyl (C=O) groups excluding carboxylic acids is 2. The molecule has 0 aliphatic carbocycles. The molecule has 0 bridgehead atoms. The molecule has 134 valence electrons. The lowest BCUT2D eigenvalue weighted by atomic mass is 9.95. The van der Waals surface area contributed by atoms with Crippen LogP contribution in [0, 0.1) is 5.41 Å². The number of nitrogens with zero attached hydrogens (tertiary/aromatic N) is 3. The lowest BCUT2D eigenvalue weighted by Crippen LogP contribution is -2.48. The number of nitrogens with one attached hydrogen (secondary N) is 2. The van der Waals surface area contributed by atoms with Crippen molar-refractivity contribution in [3.05, 3.63) is 48.0 Å². The molecular weight excluding hydrogens is 318 g/mol. The van der Waals surface area contributed by atoms with Crippen LogP contribution in [0.1, 0.15) is 38.8 Å². The van der Waals surface area contributed by atoms with E-state index in [0.717, 1.165) is 11.1 Å². The molecule has 2 N–H and O–H groups in total. The van der Waals surface area contributed by atoms with E-state index in [-0.39, 0.29) is 11.8 Å². The van der Waals surface area contributed by atoms with Crippen LogP contribution in [0.25, 0.3) is 0 Å². The smallest absolute Gasteiger partial charge is 0.242 e. The summed E-state index contributed by atoms with van der Waals surface area (Å²) < 4.78 is 1.75. The second-order valence-corrected chi connectivity index (χ2v) is 7.07. The third kappa shape index (κ3) is 5.70. The van der Waals surface area contributed by atoms with Gasteiger partial charge in [-0.25, -0.2) is 9.67 Å². The summed E-state index contributed by atoms with van der Waals surface area (Å²) in [5, 5.41) is 9.63. The molecule has 25 heavy (non-hydrogen) atoms. The summed E-state index contributed by atoms with van der Waals surface area (Å²) in [6, 6.07) is 7.34. The lowest BCUT2D eigenvalue weighted by molar-refractivity contribution is -0.133. The second kappa shape index (κ2) is 7.92. The van der Waals surface area contributed by atoms with Crippen molar-refractivity contribution in [1.29, 1.82) is 0 Å². The zero-order valence-electron chi connectivity index (χ0n) is 15.1. The fourth-order valence-corrected chi connectivity index (χ4v) is 2.08. The Labute approximate surface area is 147 Å². The van der Waals surface area contributed by atoms with Crippen LogP contribution in [0.3, 0.4) is 0 Å². The average molecular weight is 343 g/mol. The van der Waals surface area contributed by atoms with Gasteiger partial charge in [-0.2, -0.15) is 5.10 Å². The molecule has 0 aliphatic heterocycles. The van der Waals surface area contributed by atoms with Gasteiger partial charge in [0.25, 0.3) is 0 Å². The van der Waals surface area contributed by atoms with Gasteiger partial charge in [0.2, 0.25) is 11.8 Å². The summed E-state index contributed by atoms with van der Waals surface area (Å²) in [5.41, 5.74) is 1.57. The number of amides is 2. The van der Waals surface area contributed by atoms with Crippen molar-refractivity contribution in [2.75, 3.05) is 0 Å². The lowest BCUT2D eigenvalue weighted by Gasteiger charge is -2.21. The van der Waals surface area contributed by atoms with Gasteiger partial charge in [0, 0.05) is 12.0 Å². The summed E-state index contributed by atoms with van der Waals surface area (Å²) in [7, 11) is 0. The van der Waals surface area contributed by atoms with Gasteiger partial charge in [-0.15, -0.1) is 0 Å². The number of rotatable bonds is 6. The van der Waals surface area contributed by atoms with Crippen LogP contribution < -0.4 is 10.6 Å². The fourth-order valence-electron chi connectivity index (χ4n) is 2.08. The molecule has 1 aromatic carbocycles. The van der Waals surface area contributed by atoms with Gasteiger partial charge >= 0.3 is 0 Å². The molecule has 1 aromatic heterocycles. The predicted molar refractivity (Wildman–Crippen MR) is 94.5 cm³/mol. The molecule has 0 aliphatic rings. The highest BCUT2D eigenvalue weighted by molar-refractivity contribution is 5.89. The molecular formula is C18H25N5O2. The average Bonchev–Trinajstić information content (AvgIpc) is 3.06. The topological polar surface area (TPSA) is 88.9 Å². The van der Waals surface area contributed by atoms with Crippen molar-refractivity contribution in [3.63, 3.8) is 0 Å². The number of aromatic nitrogens is 3. The fraction of sp³-hybridized carbons (Fsp3) is 0.444. The van der Waals surface area contributed by atoms with Crippen molar-refractivity contribution in [3.8, 4) is 0 Å². The summed E-state index contributed by atoms with van der Waals surface area (Å²) >= 11 is 0. The Morgan fingerprint density at radius 1 is 1.16 bits per heavy atom. The molecule has 1 unspecified atom stereocenters. The van der Waals surface area contributed by atoms with Crippen LogP contribution >= 0.6 is 0 Å². The van der Waals surface area contributed by atoms with Crippen molar-refractivity contribution in [2.45, 2.75) is 46.8 Å². The molecule has 7 nitrogen and oxygen atoms in total. The van der Waals surface area contributed by atoms with Crippen molar-refractivity contribution in [1.82, 2.24) is 25.4 Å². The van der Waals surface area contributed by atoms with E-state index in [1.807, 2.05) is 45.0 Å². The first-order valence-electron chi connectivity index (χ1n) is 8.24. The van der Waals surface area contributed by atoms with E-state index < -0.39 is 11.5 Å². The highest BCUT2D eigenvalue weighted by Crippen LogP contribution is 2.12. The van der Waals surface area contributed by atoms with Crippen LogP contribution in [0.15, 0.2) is 36.9 Å². The van der Waals surface area contributed by atoms with E-state index in [0.29, 0.717) is 13.1 Å². The summed E-state index contributed by atoms with van der Waals surface area (Å²) in [5.74, 6) is -0.350. The van der Waals surface area contributed by atoms with Gasteiger partial charge in [0.15, 0.2) is 0 Å². The van der Waals surface area contributed by atoms with Gasteiger partial charge in [-0.05, 0) is 18.1 Å². The van der Waals surface area contributed by atoms with E-state index in [1.54, 1.807) is 17.9 Å². The predicted octanol–water partition coefficient (Wildman–Crippen LogP) is 1.49. The number of benzene rings is 1. The Morgan fingerprint density at radius 3 is 2.36 bits per heavy atom. The van der Waals surface area contributed by atoms with Crippen LogP contribution in [0.5, 0.6) is 0 Å². The van der Waals surface area contributed by atoms with E-state index in [4.69, 9.17) is 0 Å². The first kappa shape index (κ1) is 18.6. The molecule has 1 heterocycles. The van der Waals surface area contributed by atoms with Crippen LogP contribution in [-0.4, -0.2) is 32.6 Å². The van der Waals surface area contributed by atoms with E-state index >= 15 is 0 Å². The molecule has 2 rings (SSSR count). The highest BCUT2D eigenvalue weighted by Gasteiger charge is 2.24. The molecule has 1 atom stereocenters. The Bertz CT molecular complexity index is 702. The molecule has 0 spiro atoms. The maximum absolute atomic E-state index is 12.1. The minimum absolute atomic E-state index is 0.146. The molecule has 2 amide bonds. The molecule has 2 aromatic rings. The van der Waals surface area contributed by atoms with Gasteiger partial charge in [0.1, 0.15) is 18.7 Å². The van der Waals surface area contributed by atoms with Gasteiger partial charge in [-0.3, -0.25) is 9.59 Å². The Kier molecular flexibility index (Phi) is 5.90. The Hall–Kier alpha value is -2.70. The summed E-state index contributed by atoms with van der Waals surface area (Å²) in [4.78, 5) is 27.9. The van der Waals surface area contributed by atoms with Crippen molar-refractivity contribution >= 4 is 11.8 Å². The molecule has 0 saturated carbocycles. The third-order valence-corrected chi connectivity index (χ3v) is 3.72. The Morgan fingerprint density at radius 2 is 1.80 bits per heavy atom. The SMILES string of the molecule is CC(NC(=O)C(C)(C)C)C(=O)NCc1ccc(Cn2cncn2)cc1. The van der Waals surface area contributed by atoms with Crippen molar-refractivity contribution in [2.24, 2.45) is 5.41 Å². The summed E-state index contributed by atoms with van der Waals surface area (Å²) in [6.07, 6.45) is 3.17. The van der Waals surface area contributed by atoms with Crippen molar-refractivity contribution < 1.29 is 9.59 Å². The quantitative estimate of drug-likeness (QED) is 0.832. The van der Waals surface area contributed by atoms with Crippen LogP contribution in [0.4, 0.5) is 0 Å². The highest BCUT2D eigenvalue weighted by atomic mass is 16.2. The zero-order chi connectivity index (χ0) is 18.4. The normalized spacial score (nSPS) is 12.5. The largest absolute Gasteiger partial charge is 0.350 e. The monoisotopic (exact) mass is 343 g/mol. The number of hydrogen-bond acceptors (Lipinski definition) is 4. The van der Waals surface area contributed by atoms with Crippen LogP contribution in [-0.2, 0) is 22.7 Å². The number of carbonyl (C=O) groups is 2. The first-order valence-corrected chi connectivity index (χ1v) is 8.24. The van der Waals surface area contributed by atoms with E-state index in [1.165, 1.54) is 6.33 Å².